The molecule has 2 amide bonds. The number of hydrogen-bond donors (Lipinski definition) is 3. The predicted molar refractivity (Wildman–Crippen MR) is 126 cm³/mol. The zero-order valence-corrected chi connectivity index (χ0v) is 19.2. The molecule has 2 aromatic carbocycles. The highest BCUT2D eigenvalue weighted by atomic mass is 16.5. The molecule has 176 valence electrons. The molecule has 0 aliphatic heterocycles. The van der Waals surface area contributed by atoms with Crippen molar-refractivity contribution in [3.05, 3.63) is 59.7 Å². The minimum absolute atomic E-state index is 0.0102. The first-order valence-electron chi connectivity index (χ1n) is 11.4. The Kier molecular flexibility index (Phi) is 8.46. The summed E-state index contributed by atoms with van der Waals surface area (Å²) in [5.74, 6) is -1.11. The van der Waals surface area contributed by atoms with Crippen LogP contribution in [0.1, 0.15) is 50.2 Å². The number of amides is 2. The van der Waals surface area contributed by atoms with Gasteiger partial charge in [0.2, 0.25) is 5.91 Å². The second-order valence-electron chi connectivity index (χ2n) is 8.72. The first-order valence-corrected chi connectivity index (χ1v) is 11.4. The van der Waals surface area contributed by atoms with Gasteiger partial charge in [-0.25, -0.2) is 4.79 Å². The van der Waals surface area contributed by atoms with Crippen molar-refractivity contribution in [2.45, 2.75) is 39.0 Å². The Morgan fingerprint density at radius 2 is 1.55 bits per heavy atom. The number of benzene rings is 2. The molecule has 2 unspecified atom stereocenters. The standard InChI is InChI=1S/C26H32N2O5/c1-17(11-12-24(29)30)15-28-25(31)18(2)13-14-27-26(32)33-16-23-21-9-5-3-7-19(21)20-8-4-6-10-22(20)23/h3-10,17-18,23H,11-16H2,1-2H3,(H,27,32)(H,28,31)(H,29,30). The second kappa shape index (κ2) is 11.5. The number of carboxylic acid groups (broad SMARTS) is 1. The lowest BCUT2D eigenvalue weighted by Gasteiger charge is -2.16. The van der Waals surface area contributed by atoms with E-state index in [4.69, 9.17) is 9.84 Å². The Bertz CT molecular complexity index is 945. The van der Waals surface area contributed by atoms with Crippen LogP contribution in [0.5, 0.6) is 0 Å². The van der Waals surface area contributed by atoms with Crippen molar-refractivity contribution in [2.24, 2.45) is 11.8 Å². The van der Waals surface area contributed by atoms with Gasteiger partial charge in [-0.05, 0) is 41.0 Å². The van der Waals surface area contributed by atoms with Crippen molar-refractivity contribution in [2.75, 3.05) is 19.7 Å². The number of hydrogen-bond acceptors (Lipinski definition) is 4. The Hall–Kier alpha value is -3.35. The largest absolute Gasteiger partial charge is 0.481 e. The van der Waals surface area contributed by atoms with Crippen molar-refractivity contribution in [3.8, 4) is 11.1 Å². The van der Waals surface area contributed by atoms with E-state index < -0.39 is 12.1 Å². The summed E-state index contributed by atoms with van der Waals surface area (Å²) < 4.78 is 5.51. The van der Waals surface area contributed by atoms with Crippen molar-refractivity contribution in [1.82, 2.24) is 10.6 Å². The van der Waals surface area contributed by atoms with E-state index in [0.717, 1.165) is 11.1 Å². The van der Waals surface area contributed by atoms with Gasteiger partial charge in [0, 0.05) is 31.3 Å². The Morgan fingerprint density at radius 1 is 0.939 bits per heavy atom. The van der Waals surface area contributed by atoms with Gasteiger partial charge in [-0.1, -0.05) is 62.4 Å². The highest BCUT2D eigenvalue weighted by molar-refractivity contribution is 5.79. The molecule has 0 spiro atoms. The molecule has 2 atom stereocenters. The molecule has 2 aromatic rings. The number of nitrogens with one attached hydrogen (secondary N) is 2. The highest BCUT2D eigenvalue weighted by Gasteiger charge is 2.29. The molecule has 7 nitrogen and oxygen atoms in total. The van der Waals surface area contributed by atoms with Crippen LogP contribution < -0.4 is 10.6 Å². The topological polar surface area (TPSA) is 105 Å². The zero-order chi connectivity index (χ0) is 23.8. The van der Waals surface area contributed by atoms with Crippen LogP contribution in [0.2, 0.25) is 0 Å². The van der Waals surface area contributed by atoms with Gasteiger partial charge in [0.25, 0.3) is 0 Å². The van der Waals surface area contributed by atoms with Crippen LogP contribution in [0.3, 0.4) is 0 Å². The molecular formula is C26H32N2O5. The summed E-state index contributed by atoms with van der Waals surface area (Å²) in [5, 5.41) is 14.3. The molecule has 7 heteroatoms. The summed E-state index contributed by atoms with van der Waals surface area (Å²) in [6, 6.07) is 16.3. The SMILES string of the molecule is CC(CCC(=O)O)CNC(=O)C(C)CCNC(=O)OCC1c2ccccc2-c2ccccc21. The first kappa shape index (κ1) is 24.3. The third-order valence-electron chi connectivity index (χ3n) is 6.11. The lowest BCUT2D eigenvalue weighted by atomic mass is 9.98. The van der Waals surface area contributed by atoms with E-state index in [1.807, 2.05) is 31.2 Å². The van der Waals surface area contributed by atoms with E-state index in [1.165, 1.54) is 11.1 Å². The van der Waals surface area contributed by atoms with Gasteiger partial charge in [-0.15, -0.1) is 0 Å². The summed E-state index contributed by atoms with van der Waals surface area (Å²) in [6.45, 7) is 4.74. The molecule has 0 bridgehead atoms. The summed E-state index contributed by atoms with van der Waals surface area (Å²) in [7, 11) is 0. The average molecular weight is 453 g/mol. The van der Waals surface area contributed by atoms with Gasteiger partial charge >= 0.3 is 12.1 Å². The van der Waals surface area contributed by atoms with Crippen LogP contribution in [0, 0.1) is 11.8 Å². The molecule has 3 rings (SSSR count). The van der Waals surface area contributed by atoms with Gasteiger partial charge in [-0.2, -0.15) is 0 Å². The van der Waals surface area contributed by atoms with E-state index >= 15 is 0 Å². The van der Waals surface area contributed by atoms with E-state index in [2.05, 4.69) is 34.9 Å². The fourth-order valence-electron chi connectivity index (χ4n) is 4.09. The monoisotopic (exact) mass is 452 g/mol. The summed E-state index contributed by atoms with van der Waals surface area (Å²) in [6.07, 6.45) is 0.607. The smallest absolute Gasteiger partial charge is 0.407 e. The number of carboxylic acids is 1. The summed E-state index contributed by atoms with van der Waals surface area (Å²) in [4.78, 5) is 35.1. The molecule has 0 saturated carbocycles. The average Bonchev–Trinajstić information content (AvgIpc) is 3.13. The number of carbonyl (C=O) groups excluding carboxylic acids is 2. The van der Waals surface area contributed by atoms with Gasteiger partial charge in [-0.3, -0.25) is 9.59 Å². The minimum atomic E-state index is -0.833. The maximum absolute atomic E-state index is 12.2. The van der Waals surface area contributed by atoms with Gasteiger partial charge in [0.05, 0.1) is 0 Å². The zero-order valence-electron chi connectivity index (χ0n) is 19.2. The minimum Gasteiger partial charge on any atom is -0.481 e. The number of aliphatic carboxylic acids is 1. The molecule has 0 fully saturated rings. The number of alkyl carbamates (subject to hydrolysis) is 1. The van der Waals surface area contributed by atoms with Crippen LogP contribution in [-0.4, -0.2) is 42.8 Å². The van der Waals surface area contributed by atoms with Gasteiger partial charge < -0.3 is 20.5 Å². The fraction of sp³-hybridized carbons (Fsp3) is 0.423. The predicted octanol–water partition coefficient (Wildman–Crippen LogP) is 4.17. The number of carbonyl (C=O) groups is 3. The number of ether oxygens (including phenoxy) is 1. The molecular weight excluding hydrogens is 420 g/mol. The first-order chi connectivity index (χ1) is 15.9. The van der Waals surface area contributed by atoms with Crippen molar-refractivity contribution >= 4 is 18.0 Å². The Morgan fingerprint density at radius 3 is 2.15 bits per heavy atom. The Labute approximate surface area is 194 Å². The number of rotatable bonds is 11. The normalized spacial score (nSPS) is 14.0. The van der Waals surface area contributed by atoms with E-state index in [9.17, 15) is 14.4 Å². The molecule has 0 saturated heterocycles. The van der Waals surface area contributed by atoms with Crippen LogP contribution in [-0.2, 0) is 14.3 Å². The molecule has 1 aliphatic rings. The van der Waals surface area contributed by atoms with Gasteiger partial charge in [0.1, 0.15) is 6.61 Å². The van der Waals surface area contributed by atoms with Crippen molar-refractivity contribution in [1.29, 1.82) is 0 Å². The molecule has 0 aromatic heterocycles. The van der Waals surface area contributed by atoms with Crippen molar-refractivity contribution < 1.29 is 24.2 Å². The van der Waals surface area contributed by atoms with Crippen LogP contribution in [0.4, 0.5) is 4.79 Å². The molecule has 33 heavy (non-hydrogen) atoms. The van der Waals surface area contributed by atoms with Gasteiger partial charge in [0.15, 0.2) is 0 Å². The van der Waals surface area contributed by atoms with E-state index in [0.29, 0.717) is 25.9 Å². The lowest BCUT2D eigenvalue weighted by Crippen LogP contribution is -2.35. The second-order valence-corrected chi connectivity index (χ2v) is 8.72. The summed E-state index contributed by atoms with van der Waals surface area (Å²) in [5.41, 5.74) is 4.68. The molecule has 1 aliphatic carbocycles. The third-order valence-corrected chi connectivity index (χ3v) is 6.11. The molecule has 3 N–H and O–H groups in total. The van der Waals surface area contributed by atoms with Crippen LogP contribution in [0.25, 0.3) is 11.1 Å². The highest BCUT2D eigenvalue weighted by Crippen LogP contribution is 2.44. The third kappa shape index (κ3) is 6.57. The molecule has 0 heterocycles. The van der Waals surface area contributed by atoms with Crippen molar-refractivity contribution in [3.63, 3.8) is 0 Å². The van der Waals surface area contributed by atoms with E-state index in [-0.39, 0.29) is 36.7 Å². The van der Waals surface area contributed by atoms with E-state index in [1.54, 1.807) is 6.92 Å². The lowest BCUT2D eigenvalue weighted by molar-refractivity contribution is -0.137. The van der Waals surface area contributed by atoms with Crippen LogP contribution in [0.15, 0.2) is 48.5 Å². The summed E-state index contributed by atoms with van der Waals surface area (Å²) >= 11 is 0. The number of fused-ring (bicyclic) bond motifs is 3. The van der Waals surface area contributed by atoms with Crippen LogP contribution >= 0.6 is 0 Å². The quantitative estimate of drug-likeness (QED) is 0.475. The Balaban J connectivity index is 1.39. The fourth-order valence-corrected chi connectivity index (χ4v) is 4.09. The molecule has 0 radical (unpaired) electrons. The maximum atomic E-state index is 12.2. The maximum Gasteiger partial charge on any atom is 0.407 e.